The van der Waals surface area contributed by atoms with Gasteiger partial charge in [0.2, 0.25) is 7.42 Å². The number of halogens is 2. The van der Waals surface area contributed by atoms with Gasteiger partial charge in [0.05, 0.1) is 0 Å². The lowest BCUT2D eigenvalue weighted by atomic mass is 9.92. The lowest BCUT2D eigenvalue weighted by Gasteiger charge is -2.29. The fourth-order valence-electron chi connectivity index (χ4n) is 0.633. The highest BCUT2D eigenvalue weighted by molar-refractivity contribution is 7.33. The van der Waals surface area contributed by atoms with Crippen LogP contribution in [-0.4, -0.2) is 17.7 Å². The van der Waals surface area contributed by atoms with Crippen LogP contribution in [0.3, 0.4) is 0 Å². The van der Waals surface area contributed by atoms with Crippen LogP contribution < -0.4 is 0 Å². The second kappa shape index (κ2) is 4.14. The summed E-state index contributed by atoms with van der Waals surface area (Å²) in [6.45, 7) is 6.79. The maximum Gasteiger partial charge on any atom is 0.237 e. The summed E-state index contributed by atoms with van der Waals surface area (Å²) in [6, 6.07) is 1.04. The van der Waals surface area contributed by atoms with Crippen molar-refractivity contribution >= 4 is 39.8 Å². The summed E-state index contributed by atoms with van der Waals surface area (Å²) in [7, 11) is -0.147. The number of hydrogen-bond donors (Lipinski definition) is 0. The lowest BCUT2D eigenvalue weighted by molar-refractivity contribution is 0.397. The molecule has 0 aliphatic rings. The normalized spacial score (nSPS) is 16.2. The smallest absolute Gasteiger partial charge is 0.150 e. The van der Waals surface area contributed by atoms with Crippen LogP contribution in [0.5, 0.6) is 0 Å². The van der Waals surface area contributed by atoms with Crippen molar-refractivity contribution in [3.63, 3.8) is 0 Å². The van der Waals surface area contributed by atoms with E-state index in [9.17, 15) is 0 Å². The van der Waals surface area contributed by atoms with E-state index in [0.717, 1.165) is 11.6 Å². The molecule has 0 heterocycles. The summed E-state index contributed by atoms with van der Waals surface area (Å²) in [5.41, 5.74) is 1.19. The Hall–Kier alpha value is 1.01. The van der Waals surface area contributed by atoms with Crippen molar-refractivity contribution in [2.24, 2.45) is 5.41 Å². The SMILES string of the molecule is CC([SiH3])C(C)(C)C[SiH](Cl)Cl. The first-order valence-corrected chi connectivity index (χ1v) is 9.10. The fraction of sp³-hybridized carbons (Fsp3) is 1.00. The highest BCUT2D eigenvalue weighted by Crippen LogP contribution is 2.35. The van der Waals surface area contributed by atoms with Gasteiger partial charge in [-0.05, 0) is 11.5 Å². The van der Waals surface area contributed by atoms with Crippen LogP contribution in [0.15, 0.2) is 0 Å². The average molecular weight is 215 g/mol. The fourth-order valence-corrected chi connectivity index (χ4v) is 4.99. The molecule has 0 aliphatic carbocycles. The summed E-state index contributed by atoms with van der Waals surface area (Å²) in [5.74, 6) is 0. The van der Waals surface area contributed by atoms with Gasteiger partial charge in [-0.1, -0.05) is 26.3 Å². The van der Waals surface area contributed by atoms with Gasteiger partial charge in [-0.2, -0.15) is 22.2 Å². The van der Waals surface area contributed by atoms with E-state index in [4.69, 9.17) is 22.2 Å². The summed E-state index contributed by atoms with van der Waals surface area (Å²) in [4.78, 5) is 0. The molecule has 1 unspecified atom stereocenters. The van der Waals surface area contributed by atoms with E-state index in [-0.39, 0.29) is 0 Å². The van der Waals surface area contributed by atoms with Gasteiger partial charge in [0.15, 0.2) is 0 Å². The lowest BCUT2D eigenvalue weighted by Crippen LogP contribution is -2.20. The molecular formula is C6H16Cl2Si2. The molecule has 0 bridgehead atoms. The van der Waals surface area contributed by atoms with Crippen LogP contribution in [0.25, 0.3) is 0 Å². The highest BCUT2D eigenvalue weighted by Gasteiger charge is 2.25. The van der Waals surface area contributed by atoms with Crippen LogP contribution in [0.4, 0.5) is 0 Å². The summed E-state index contributed by atoms with van der Waals surface area (Å²) in [5, 5.41) is 0. The van der Waals surface area contributed by atoms with Gasteiger partial charge in [0.1, 0.15) is 0 Å². The second-order valence-electron chi connectivity index (χ2n) is 3.74. The third kappa shape index (κ3) is 4.01. The third-order valence-corrected chi connectivity index (χ3v) is 6.09. The van der Waals surface area contributed by atoms with Gasteiger partial charge in [-0.15, -0.1) is 0 Å². The predicted molar refractivity (Wildman–Crippen MR) is 56.8 cm³/mol. The molecule has 0 amide bonds. The van der Waals surface area contributed by atoms with Crippen LogP contribution in [0.2, 0.25) is 11.6 Å². The van der Waals surface area contributed by atoms with E-state index >= 15 is 0 Å². The van der Waals surface area contributed by atoms with Crippen molar-refractivity contribution in [1.29, 1.82) is 0 Å². The second-order valence-corrected chi connectivity index (χ2v) is 10.5. The maximum absolute atomic E-state index is 5.83. The van der Waals surface area contributed by atoms with E-state index in [2.05, 4.69) is 20.8 Å². The molecule has 0 aromatic rings. The first-order chi connectivity index (χ1) is 4.36. The highest BCUT2D eigenvalue weighted by atomic mass is 35.7. The van der Waals surface area contributed by atoms with E-state index in [1.807, 2.05) is 0 Å². The quantitative estimate of drug-likeness (QED) is 0.498. The first-order valence-electron chi connectivity index (χ1n) is 3.64. The first kappa shape index (κ1) is 11.0. The Morgan fingerprint density at radius 3 is 2.00 bits per heavy atom. The molecule has 0 radical (unpaired) electrons. The Labute approximate surface area is 77.7 Å². The van der Waals surface area contributed by atoms with E-state index in [1.165, 1.54) is 10.2 Å². The Morgan fingerprint density at radius 2 is 1.90 bits per heavy atom. The zero-order valence-electron chi connectivity index (χ0n) is 7.12. The molecule has 1 atom stereocenters. The zero-order valence-corrected chi connectivity index (χ0v) is 11.8. The molecule has 0 aliphatic heterocycles. The van der Waals surface area contributed by atoms with Gasteiger partial charge < -0.3 is 0 Å². The van der Waals surface area contributed by atoms with Gasteiger partial charge in [-0.25, -0.2) is 0 Å². The Balaban J connectivity index is 3.87. The summed E-state index contributed by atoms with van der Waals surface area (Å²) < 4.78 is 0. The molecule has 0 spiro atoms. The molecule has 0 saturated carbocycles. The van der Waals surface area contributed by atoms with Gasteiger partial charge >= 0.3 is 0 Å². The number of rotatable bonds is 3. The largest absolute Gasteiger partial charge is 0.237 e. The van der Waals surface area contributed by atoms with Gasteiger partial charge in [0.25, 0.3) is 0 Å². The molecule has 0 aromatic heterocycles. The molecule has 0 rings (SSSR count). The number of hydrogen-bond acceptors (Lipinski definition) is 0. The zero-order chi connectivity index (χ0) is 8.36. The van der Waals surface area contributed by atoms with Crippen LogP contribution >= 0.6 is 22.2 Å². The van der Waals surface area contributed by atoms with Crippen LogP contribution in [0.1, 0.15) is 20.8 Å². The van der Waals surface area contributed by atoms with Crippen molar-refractivity contribution in [2.75, 3.05) is 0 Å². The molecule has 0 fully saturated rings. The van der Waals surface area contributed by atoms with Crippen molar-refractivity contribution in [3.05, 3.63) is 0 Å². The summed E-state index contributed by atoms with van der Waals surface area (Å²) >= 11 is 11.7. The topological polar surface area (TPSA) is 0 Å². The molecule has 10 heavy (non-hydrogen) atoms. The van der Waals surface area contributed by atoms with E-state index < -0.39 is 7.42 Å². The summed E-state index contributed by atoms with van der Waals surface area (Å²) in [6.07, 6.45) is 0. The van der Waals surface area contributed by atoms with Crippen molar-refractivity contribution < 1.29 is 0 Å². The molecular weight excluding hydrogens is 199 g/mol. The third-order valence-electron chi connectivity index (χ3n) is 2.24. The maximum atomic E-state index is 5.83. The molecule has 0 aromatic carbocycles. The minimum atomic E-state index is -1.38. The minimum Gasteiger partial charge on any atom is -0.150 e. The van der Waals surface area contributed by atoms with Gasteiger partial charge in [0, 0.05) is 10.2 Å². The molecule has 4 heteroatoms. The minimum absolute atomic E-state index is 0.382. The van der Waals surface area contributed by atoms with Crippen molar-refractivity contribution in [1.82, 2.24) is 0 Å². The Bertz CT molecular complexity index is 102. The predicted octanol–water partition coefficient (Wildman–Crippen LogP) is 1.88. The van der Waals surface area contributed by atoms with Crippen LogP contribution in [0, 0.1) is 5.41 Å². The molecule has 62 valence electrons. The standard InChI is InChI=1S/C6H16Cl2Si2/c1-5(9)6(2,3)4-10(7)8/h5,10H,4H2,1-3,9H3. The van der Waals surface area contributed by atoms with E-state index in [0.29, 0.717) is 5.41 Å². The average Bonchev–Trinajstić information content (AvgIpc) is 1.60. The molecule has 0 N–H and O–H groups in total. The van der Waals surface area contributed by atoms with Gasteiger partial charge in [-0.3, -0.25) is 0 Å². The van der Waals surface area contributed by atoms with Crippen molar-refractivity contribution in [3.8, 4) is 0 Å². The molecule has 0 nitrogen and oxygen atoms in total. The Morgan fingerprint density at radius 1 is 1.50 bits per heavy atom. The molecule has 0 saturated heterocycles. The van der Waals surface area contributed by atoms with E-state index in [1.54, 1.807) is 0 Å². The van der Waals surface area contributed by atoms with Crippen molar-refractivity contribution in [2.45, 2.75) is 32.4 Å². The Kier molecular flexibility index (Phi) is 4.56. The van der Waals surface area contributed by atoms with Crippen LogP contribution in [-0.2, 0) is 0 Å². The monoisotopic (exact) mass is 214 g/mol.